The summed E-state index contributed by atoms with van der Waals surface area (Å²) in [6.45, 7) is 8.43. The fraction of sp³-hybridized carbons (Fsp3) is 0.333. The molecule has 0 bridgehead atoms. The average Bonchev–Trinajstić information content (AvgIpc) is 2.95. The molecule has 0 spiro atoms. The fourth-order valence-electron chi connectivity index (χ4n) is 3.58. The SMILES string of the molecule is Cc1cc(C)c(CNC(=O)c2cc(Br)cc3c2c(C)cn3C(C)CN)c(=O)[nH]1. The molecule has 3 rings (SSSR count). The van der Waals surface area contributed by atoms with Crippen molar-refractivity contribution in [2.24, 2.45) is 5.73 Å². The summed E-state index contributed by atoms with van der Waals surface area (Å²) in [6.07, 6.45) is 2.03. The highest BCUT2D eigenvalue weighted by molar-refractivity contribution is 9.10. The number of H-pyrrole nitrogens is 1. The van der Waals surface area contributed by atoms with Crippen molar-refractivity contribution in [3.63, 3.8) is 0 Å². The van der Waals surface area contributed by atoms with Gasteiger partial charge in [0.15, 0.2) is 0 Å². The molecule has 1 amide bonds. The van der Waals surface area contributed by atoms with Crippen LogP contribution in [0.2, 0.25) is 0 Å². The number of nitrogens with zero attached hydrogens (tertiary/aromatic N) is 1. The lowest BCUT2D eigenvalue weighted by Gasteiger charge is -2.14. The molecule has 0 fully saturated rings. The van der Waals surface area contributed by atoms with E-state index in [1.807, 2.05) is 52.1 Å². The van der Waals surface area contributed by atoms with Crippen LogP contribution in [0.1, 0.15) is 45.7 Å². The molecule has 0 aliphatic carbocycles. The maximum atomic E-state index is 13.0. The molecular formula is C21H25BrN4O2. The van der Waals surface area contributed by atoms with E-state index in [2.05, 4.69) is 30.8 Å². The Morgan fingerprint density at radius 2 is 1.96 bits per heavy atom. The smallest absolute Gasteiger partial charge is 0.253 e. The number of fused-ring (bicyclic) bond motifs is 1. The molecule has 1 atom stereocenters. The summed E-state index contributed by atoms with van der Waals surface area (Å²) in [4.78, 5) is 28.0. The van der Waals surface area contributed by atoms with Crippen molar-refractivity contribution in [3.05, 3.63) is 67.2 Å². The number of aromatic amines is 1. The minimum Gasteiger partial charge on any atom is -0.348 e. The van der Waals surface area contributed by atoms with Crippen LogP contribution in [0.15, 0.2) is 33.7 Å². The van der Waals surface area contributed by atoms with Crippen LogP contribution in [0.5, 0.6) is 0 Å². The maximum absolute atomic E-state index is 13.0. The summed E-state index contributed by atoms with van der Waals surface area (Å²) in [6, 6.07) is 5.84. The summed E-state index contributed by atoms with van der Waals surface area (Å²) in [7, 11) is 0. The predicted molar refractivity (Wildman–Crippen MR) is 116 cm³/mol. The van der Waals surface area contributed by atoms with Gasteiger partial charge in [-0.3, -0.25) is 9.59 Å². The van der Waals surface area contributed by atoms with Crippen molar-refractivity contribution in [2.45, 2.75) is 40.3 Å². The first-order valence-corrected chi connectivity index (χ1v) is 10.0. The quantitative estimate of drug-likeness (QED) is 0.562. The molecule has 0 radical (unpaired) electrons. The molecule has 3 aromatic rings. The highest BCUT2D eigenvalue weighted by Gasteiger charge is 2.19. The van der Waals surface area contributed by atoms with Gasteiger partial charge in [-0.25, -0.2) is 0 Å². The first-order chi connectivity index (χ1) is 13.2. The van der Waals surface area contributed by atoms with Crippen molar-refractivity contribution in [1.82, 2.24) is 14.9 Å². The van der Waals surface area contributed by atoms with E-state index in [-0.39, 0.29) is 24.1 Å². The van der Waals surface area contributed by atoms with Crippen molar-refractivity contribution in [3.8, 4) is 0 Å². The number of halogens is 1. The number of carbonyl (C=O) groups is 1. The van der Waals surface area contributed by atoms with Crippen LogP contribution in [0, 0.1) is 20.8 Å². The summed E-state index contributed by atoms with van der Waals surface area (Å²) in [5, 5.41) is 3.80. The van der Waals surface area contributed by atoms with Crippen molar-refractivity contribution >= 4 is 32.7 Å². The Morgan fingerprint density at radius 1 is 1.25 bits per heavy atom. The van der Waals surface area contributed by atoms with Crippen LogP contribution < -0.4 is 16.6 Å². The molecule has 0 saturated carbocycles. The molecule has 1 unspecified atom stereocenters. The van der Waals surface area contributed by atoms with Gasteiger partial charge in [-0.05, 0) is 57.0 Å². The van der Waals surface area contributed by atoms with Gasteiger partial charge in [0.25, 0.3) is 11.5 Å². The first kappa shape index (κ1) is 20.4. The van der Waals surface area contributed by atoms with Gasteiger partial charge in [0.2, 0.25) is 0 Å². The Bertz CT molecular complexity index is 1110. The normalized spacial score (nSPS) is 12.4. The van der Waals surface area contributed by atoms with Gasteiger partial charge in [0.05, 0.1) is 11.1 Å². The third-order valence-electron chi connectivity index (χ3n) is 5.07. The molecule has 0 saturated heterocycles. The summed E-state index contributed by atoms with van der Waals surface area (Å²) < 4.78 is 2.92. The highest BCUT2D eigenvalue weighted by atomic mass is 79.9. The zero-order valence-electron chi connectivity index (χ0n) is 16.5. The Hall–Kier alpha value is -2.38. The second kappa shape index (κ2) is 7.93. The fourth-order valence-corrected chi connectivity index (χ4v) is 4.02. The number of pyridine rings is 1. The van der Waals surface area contributed by atoms with E-state index in [9.17, 15) is 9.59 Å². The van der Waals surface area contributed by atoms with E-state index in [4.69, 9.17) is 5.73 Å². The molecule has 2 heterocycles. The van der Waals surface area contributed by atoms with E-state index in [0.29, 0.717) is 17.7 Å². The summed E-state index contributed by atoms with van der Waals surface area (Å²) >= 11 is 3.51. The monoisotopic (exact) mass is 444 g/mol. The minimum absolute atomic E-state index is 0.121. The standard InChI is InChI=1S/C21H25BrN4O2/c1-11-5-13(3)25-21(28)17(11)9-24-20(27)16-6-15(22)7-18-19(16)12(2)10-26(18)14(4)8-23/h5-7,10,14H,8-9,23H2,1-4H3,(H,24,27)(H,25,28). The van der Waals surface area contributed by atoms with Crippen molar-refractivity contribution in [2.75, 3.05) is 6.54 Å². The van der Waals surface area contributed by atoms with Crippen LogP contribution in [0.4, 0.5) is 0 Å². The van der Waals surface area contributed by atoms with Crippen LogP contribution in [0.3, 0.4) is 0 Å². The molecule has 2 aromatic heterocycles. The van der Waals surface area contributed by atoms with Crippen molar-refractivity contribution < 1.29 is 4.79 Å². The van der Waals surface area contributed by atoms with Gasteiger partial charge in [0, 0.05) is 46.4 Å². The Morgan fingerprint density at radius 3 is 2.61 bits per heavy atom. The molecule has 1 aromatic carbocycles. The molecule has 0 aliphatic rings. The van der Waals surface area contributed by atoms with Gasteiger partial charge in [-0.15, -0.1) is 0 Å². The molecular weight excluding hydrogens is 420 g/mol. The zero-order valence-corrected chi connectivity index (χ0v) is 18.1. The second-order valence-electron chi connectivity index (χ2n) is 7.28. The van der Waals surface area contributed by atoms with Crippen LogP contribution >= 0.6 is 15.9 Å². The van der Waals surface area contributed by atoms with Crippen LogP contribution in [-0.2, 0) is 6.54 Å². The van der Waals surface area contributed by atoms with Crippen LogP contribution in [-0.4, -0.2) is 22.0 Å². The number of amides is 1. The number of nitrogens with two attached hydrogens (primary N) is 1. The maximum Gasteiger partial charge on any atom is 0.253 e. The minimum atomic E-state index is -0.216. The number of nitrogens with one attached hydrogen (secondary N) is 2. The lowest BCUT2D eigenvalue weighted by Crippen LogP contribution is -2.28. The number of aryl methyl sites for hydroxylation is 3. The molecule has 148 valence electrons. The topological polar surface area (TPSA) is 92.9 Å². The Kier molecular flexibility index (Phi) is 5.76. The third kappa shape index (κ3) is 3.77. The third-order valence-corrected chi connectivity index (χ3v) is 5.53. The number of carbonyl (C=O) groups excluding carboxylic acids is 1. The molecule has 7 heteroatoms. The Balaban J connectivity index is 1.98. The van der Waals surface area contributed by atoms with Crippen molar-refractivity contribution in [1.29, 1.82) is 0 Å². The van der Waals surface area contributed by atoms with Gasteiger partial charge in [-0.1, -0.05) is 15.9 Å². The molecule has 0 aliphatic heterocycles. The van der Waals surface area contributed by atoms with Gasteiger partial charge in [-0.2, -0.15) is 0 Å². The van der Waals surface area contributed by atoms with Gasteiger partial charge >= 0.3 is 0 Å². The molecule has 28 heavy (non-hydrogen) atoms. The Labute approximate surface area is 172 Å². The lowest BCUT2D eigenvalue weighted by atomic mass is 10.1. The van der Waals surface area contributed by atoms with E-state index >= 15 is 0 Å². The number of aromatic nitrogens is 2. The largest absolute Gasteiger partial charge is 0.348 e. The van der Waals surface area contributed by atoms with Gasteiger partial charge in [0.1, 0.15) is 0 Å². The number of hydrogen-bond donors (Lipinski definition) is 3. The van der Waals surface area contributed by atoms with Gasteiger partial charge < -0.3 is 20.6 Å². The lowest BCUT2D eigenvalue weighted by molar-refractivity contribution is 0.0952. The molecule has 6 nitrogen and oxygen atoms in total. The summed E-state index contributed by atoms with van der Waals surface area (Å²) in [5.74, 6) is -0.216. The second-order valence-corrected chi connectivity index (χ2v) is 8.19. The summed E-state index contributed by atoms with van der Waals surface area (Å²) in [5.41, 5.74) is 10.5. The van der Waals surface area contributed by atoms with E-state index in [1.165, 1.54) is 0 Å². The van der Waals surface area contributed by atoms with E-state index in [1.54, 1.807) is 0 Å². The highest BCUT2D eigenvalue weighted by Crippen LogP contribution is 2.30. The predicted octanol–water partition coefficient (Wildman–Crippen LogP) is 3.47. The number of rotatable bonds is 5. The number of hydrogen-bond acceptors (Lipinski definition) is 3. The average molecular weight is 445 g/mol. The van der Waals surface area contributed by atoms with Crippen LogP contribution in [0.25, 0.3) is 10.9 Å². The molecule has 4 N–H and O–H groups in total. The number of benzene rings is 1. The van der Waals surface area contributed by atoms with E-state index in [0.717, 1.165) is 32.2 Å². The first-order valence-electron chi connectivity index (χ1n) is 9.21. The zero-order chi connectivity index (χ0) is 20.6. The van der Waals surface area contributed by atoms with E-state index < -0.39 is 0 Å².